The molecule has 1 N–H and O–H groups in total. The number of amides is 1. The predicted octanol–water partition coefficient (Wildman–Crippen LogP) is 4.13. The number of carbonyl (C=O) groups is 1. The number of furan rings is 1. The van der Waals surface area contributed by atoms with Crippen LogP contribution < -0.4 is 5.32 Å². The van der Waals surface area contributed by atoms with Crippen LogP contribution >= 0.6 is 0 Å². The fraction of sp³-hybridized carbons (Fsp3) is 0. The van der Waals surface area contributed by atoms with Crippen LogP contribution in [0.5, 0.6) is 0 Å². The maximum absolute atomic E-state index is 12.0. The highest BCUT2D eigenvalue weighted by atomic mass is 16.3. The van der Waals surface area contributed by atoms with E-state index in [1.165, 1.54) is 6.08 Å². The third-order valence-corrected chi connectivity index (χ3v) is 3.51. The van der Waals surface area contributed by atoms with Crippen molar-refractivity contribution in [2.45, 2.75) is 0 Å². The normalized spacial score (nSPS) is 11.2. The van der Waals surface area contributed by atoms with Gasteiger partial charge in [-0.05, 0) is 48.5 Å². The van der Waals surface area contributed by atoms with Gasteiger partial charge < -0.3 is 14.2 Å². The summed E-state index contributed by atoms with van der Waals surface area (Å²) in [5.41, 5.74) is 2.73. The molecule has 0 atom stereocenters. The van der Waals surface area contributed by atoms with Crippen molar-refractivity contribution >= 4 is 28.8 Å². The molecule has 6 nitrogen and oxygen atoms in total. The number of anilines is 1. The van der Waals surface area contributed by atoms with Gasteiger partial charge in [-0.1, -0.05) is 0 Å². The summed E-state index contributed by atoms with van der Waals surface area (Å²) >= 11 is 0. The Kier molecular flexibility index (Phi) is 3.84. The van der Waals surface area contributed by atoms with E-state index in [2.05, 4.69) is 15.3 Å². The summed E-state index contributed by atoms with van der Waals surface area (Å²) in [5, 5.41) is 2.78. The van der Waals surface area contributed by atoms with E-state index in [-0.39, 0.29) is 5.91 Å². The Hall–Kier alpha value is -3.67. The summed E-state index contributed by atoms with van der Waals surface area (Å²) in [6.07, 6.45) is 7.94. The quantitative estimate of drug-likeness (QED) is 0.569. The zero-order valence-electron chi connectivity index (χ0n) is 13.0. The largest absolute Gasteiger partial charge is 0.465 e. The Morgan fingerprint density at radius 3 is 2.92 bits per heavy atom. The van der Waals surface area contributed by atoms with Crippen molar-refractivity contribution < 1.29 is 13.6 Å². The molecule has 4 rings (SSSR count). The summed E-state index contributed by atoms with van der Waals surface area (Å²) in [5.74, 6) is 0.847. The van der Waals surface area contributed by atoms with Gasteiger partial charge >= 0.3 is 0 Å². The lowest BCUT2D eigenvalue weighted by molar-refractivity contribution is -0.111. The Morgan fingerprint density at radius 2 is 2.12 bits per heavy atom. The second-order valence-electron chi connectivity index (χ2n) is 5.28. The molecule has 0 unspecified atom stereocenters. The van der Waals surface area contributed by atoms with Gasteiger partial charge in [0.25, 0.3) is 0 Å². The Labute approximate surface area is 142 Å². The Balaban J connectivity index is 1.54. The first kappa shape index (κ1) is 14.9. The van der Waals surface area contributed by atoms with E-state index in [1.807, 2.05) is 12.1 Å². The van der Waals surface area contributed by atoms with Crippen LogP contribution in [0, 0.1) is 0 Å². The fourth-order valence-corrected chi connectivity index (χ4v) is 2.35. The van der Waals surface area contributed by atoms with Crippen molar-refractivity contribution in [3.63, 3.8) is 0 Å². The summed E-state index contributed by atoms with van der Waals surface area (Å²) in [6, 6.07) is 12.5. The molecule has 0 aliphatic heterocycles. The first-order chi connectivity index (χ1) is 12.3. The molecule has 6 heteroatoms. The first-order valence-corrected chi connectivity index (χ1v) is 7.61. The number of pyridine rings is 1. The van der Waals surface area contributed by atoms with Crippen molar-refractivity contribution in [3.8, 4) is 11.5 Å². The molecule has 0 fully saturated rings. The zero-order valence-corrected chi connectivity index (χ0v) is 13.0. The molecule has 0 aliphatic rings. The van der Waals surface area contributed by atoms with E-state index in [9.17, 15) is 4.79 Å². The molecule has 0 saturated carbocycles. The molecule has 1 amide bonds. The van der Waals surface area contributed by atoms with Gasteiger partial charge in [-0.25, -0.2) is 4.98 Å². The molecule has 0 aliphatic carbocycles. The van der Waals surface area contributed by atoms with Gasteiger partial charge in [0, 0.05) is 24.2 Å². The highest BCUT2D eigenvalue weighted by Crippen LogP contribution is 2.25. The van der Waals surface area contributed by atoms with Gasteiger partial charge in [-0.2, -0.15) is 0 Å². The lowest BCUT2D eigenvalue weighted by atomic mass is 10.2. The topological polar surface area (TPSA) is 81.2 Å². The van der Waals surface area contributed by atoms with Crippen LogP contribution in [0.1, 0.15) is 5.76 Å². The van der Waals surface area contributed by atoms with Gasteiger partial charge in [-0.3, -0.25) is 9.78 Å². The fourth-order valence-electron chi connectivity index (χ4n) is 2.35. The summed E-state index contributed by atoms with van der Waals surface area (Å²) in [6.45, 7) is 0. The molecular weight excluding hydrogens is 318 g/mol. The number of oxazole rings is 1. The third kappa shape index (κ3) is 3.32. The molecule has 122 valence electrons. The number of carbonyl (C=O) groups excluding carboxylic acids is 1. The average Bonchev–Trinajstić information content (AvgIpc) is 3.30. The smallest absolute Gasteiger partial charge is 0.248 e. The van der Waals surface area contributed by atoms with Crippen LogP contribution in [0.15, 0.2) is 76.0 Å². The summed E-state index contributed by atoms with van der Waals surface area (Å²) in [7, 11) is 0. The molecule has 3 aromatic heterocycles. The molecule has 3 heterocycles. The molecule has 0 radical (unpaired) electrons. The van der Waals surface area contributed by atoms with Crippen LogP contribution in [0.2, 0.25) is 0 Å². The lowest BCUT2D eigenvalue weighted by Crippen LogP contribution is -2.07. The molecule has 25 heavy (non-hydrogen) atoms. The van der Waals surface area contributed by atoms with E-state index in [0.717, 1.165) is 5.56 Å². The standard InChI is InChI=1S/C19H13N3O3/c23-18(8-6-15-4-2-10-24-15)21-14-5-7-17-16(11-14)22-19(25-17)13-3-1-9-20-12-13/h1-12H,(H,21,23)/b8-6+. The van der Waals surface area contributed by atoms with Crippen molar-refractivity contribution in [1.29, 1.82) is 0 Å². The van der Waals surface area contributed by atoms with Crippen LogP contribution in [0.25, 0.3) is 28.6 Å². The number of hydrogen-bond donors (Lipinski definition) is 1. The van der Waals surface area contributed by atoms with E-state index >= 15 is 0 Å². The number of nitrogens with one attached hydrogen (secondary N) is 1. The van der Waals surface area contributed by atoms with Gasteiger partial charge in [0.2, 0.25) is 11.8 Å². The average molecular weight is 331 g/mol. The van der Waals surface area contributed by atoms with Crippen molar-refractivity contribution in [2.24, 2.45) is 0 Å². The second-order valence-corrected chi connectivity index (χ2v) is 5.28. The molecule has 0 saturated heterocycles. The highest BCUT2D eigenvalue weighted by Gasteiger charge is 2.09. The zero-order chi connectivity index (χ0) is 17.1. The van der Waals surface area contributed by atoms with Crippen molar-refractivity contribution in [2.75, 3.05) is 5.32 Å². The van der Waals surface area contributed by atoms with Crippen LogP contribution in [-0.4, -0.2) is 15.9 Å². The van der Waals surface area contributed by atoms with Gasteiger partial charge in [0.15, 0.2) is 5.58 Å². The maximum atomic E-state index is 12.0. The SMILES string of the molecule is O=C(/C=C/c1ccco1)Nc1ccc2oc(-c3cccnc3)nc2c1. The number of fused-ring (bicyclic) bond motifs is 1. The molecule has 0 spiro atoms. The van der Waals surface area contributed by atoms with Crippen LogP contribution in [0.4, 0.5) is 5.69 Å². The molecule has 4 aromatic rings. The van der Waals surface area contributed by atoms with Gasteiger partial charge in [0.05, 0.1) is 11.8 Å². The van der Waals surface area contributed by atoms with Crippen LogP contribution in [0.3, 0.4) is 0 Å². The first-order valence-electron chi connectivity index (χ1n) is 7.61. The van der Waals surface area contributed by atoms with Crippen molar-refractivity contribution in [1.82, 2.24) is 9.97 Å². The summed E-state index contributed by atoms with van der Waals surface area (Å²) in [4.78, 5) is 20.5. The third-order valence-electron chi connectivity index (χ3n) is 3.51. The predicted molar refractivity (Wildman–Crippen MR) is 93.6 cm³/mol. The molecule has 1 aromatic carbocycles. The van der Waals surface area contributed by atoms with E-state index in [1.54, 1.807) is 55.1 Å². The highest BCUT2D eigenvalue weighted by molar-refractivity contribution is 6.02. The number of hydrogen-bond acceptors (Lipinski definition) is 5. The lowest BCUT2D eigenvalue weighted by Gasteiger charge is -2.00. The Morgan fingerprint density at radius 1 is 1.16 bits per heavy atom. The minimum absolute atomic E-state index is 0.258. The monoisotopic (exact) mass is 331 g/mol. The number of aromatic nitrogens is 2. The molecular formula is C19H13N3O3. The number of nitrogens with zero attached hydrogens (tertiary/aromatic N) is 2. The van der Waals surface area contributed by atoms with E-state index in [4.69, 9.17) is 8.83 Å². The minimum atomic E-state index is -0.258. The second kappa shape index (κ2) is 6.45. The van der Waals surface area contributed by atoms with Crippen molar-refractivity contribution in [3.05, 3.63) is 73.0 Å². The Bertz CT molecular complexity index is 1030. The van der Waals surface area contributed by atoms with E-state index < -0.39 is 0 Å². The summed E-state index contributed by atoms with van der Waals surface area (Å²) < 4.78 is 10.9. The minimum Gasteiger partial charge on any atom is -0.465 e. The number of benzene rings is 1. The maximum Gasteiger partial charge on any atom is 0.248 e. The van der Waals surface area contributed by atoms with Gasteiger partial charge in [0.1, 0.15) is 11.3 Å². The van der Waals surface area contributed by atoms with Crippen LogP contribution in [-0.2, 0) is 4.79 Å². The molecule has 0 bridgehead atoms. The van der Waals surface area contributed by atoms with E-state index in [0.29, 0.717) is 28.4 Å². The number of rotatable bonds is 4. The van der Waals surface area contributed by atoms with Gasteiger partial charge in [-0.15, -0.1) is 0 Å².